The number of aromatic nitrogens is 2. The molecule has 0 spiro atoms. The second kappa shape index (κ2) is 8.61. The van der Waals surface area contributed by atoms with Crippen molar-refractivity contribution in [1.29, 1.82) is 0 Å². The molecule has 2 aromatic carbocycles. The molecule has 0 radical (unpaired) electrons. The van der Waals surface area contributed by atoms with Gasteiger partial charge in [-0.25, -0.2) is 4.63 Å². The van der Waals surface area contributed by atoms with Gasteiger partial charge in [-0.3, -0.25) is 9.80 Å². The Labute approximate surface area is 159 Å². The van der Waals surface area contributed by atoms with E-state index in [4.69, 9.17) is 4.63 Å². The number of aliphatic hydroxyl groups excluding tert-OH is 1. The van der Waals surface area contributed by atoms with Gasteiger partial charge in [-0.2, -0.15) is 0 Å². The fourth-order valence-electron chi connectivity index (χ4n) is 3.92. The van der Waals surface area contributed by atoms with Gasteiger partial charge in [0.15, 0.2) is 0 Å². The molecule has 1 atom stereocenters. The molecule has 1 aliphatic rings. The number of rotatable bonds is 7. The summed E-state index contributed by atoms with van der Waals surface area (Å²) < 4.78 is 4.79. The maximum Gasteiger partial charge on any atom is 0.135 e. The third-order valence-electron chi connectivity index (χ3n) is 5.41. The second-order valence-corrected chi connectivity index (χ2v) is 7.26. The van der Waals surface area contributed by atoms with Crippen LogP contribution in [0.2, 0.25) is 0 Å². The van der Waals surface area contributed by atoms with E-state index >= 15 is 0 Å². The number of hydrogen-bond acceptors (Lipinski definition) is 6. The van der Waals surface area contributed by atoms with Crippen LogP contribution in [0.15, 0.2) is 53.2 Å². The highest BCUT2D eigenvalue weighted by molar-refractivity contribution is 5.73. The molecule has 0 saturated carbocycles. The fourth-order valence-corrected chi connectivity index (χ4v) is 3.92. The topological polar surface area (TPSA) is 65.6 Å². The van der Waals surface area contributed by atoms with Gasteiger partial charge in [-0.05, 0) is 46.4 Å². The zero-order valence-electron chi connectivity index (χ0n) is 15.5. The first kappa shape index (κ1) is 18.1. The number of aliphatic hydroxyl groups is 1. The Hall–Kier alpha value is -2.28. The largest absolute Gasteiger partial charge is 0.396 e. The van der Waals surface area contributed by atoms with Crippen molar-refractivity contribution < 1.29 is 9.74 Å². The molecule has 2 heterocycles. The Morgan fingerprint density at radius 2 is 1.85 bits per heavy atom. The molecular weight excluding hydrogens is 340 g/mol. The van der Waals surface area contributed by atoms with E-state index in [-0.39, 0.29) is 6.61 Å². The van der Waals surface area contributed by atoms with E-state index in [1.54, 1.807) is 0 Å². The summed E-state index contributed by atoms with van der Waals surface area (Å²) in [6.45, 7) is 5.20. The lowest BCUT2D eigenvalue weighted by atomic mass is 10.1. The molecule has 27 heavy (non-hydrogen) atoms. The molecule has 0 aliphatic carbocycles. The molecule has 1 fully saturated rings. The Bertz CT molecular complexity index is 852. The van der Waals surface area contributed by atoms with E-state index in [9.17, 15) is 5.11 Å². The number of fused-ring (bicyclic) bond motifs is 1. The Kier molecular flexibility index (Phi) is 5.77. The quantitative estimate of drug-likeness (QED) is 0.692. The number of piperazine rings is 1. The first-order valence-electron chi connectivity index (χ1n) is 9.64. The summed E-state index contributed by atoms with van der Waals surface area (Å²) in [5, 5.41) is 17.3. The fraction of sp³-hybridized carbons (Fsp3) is 0.429. The minimum absolute atomic E-state index is 0.233. The summed E-state index contributed by atoms with van der Waals surface area (Å²) in [6.07, 6.45) is 1.87. The average Bonchev–Trinajstić information content (AvgIpc) is 3.16. The molecule has 6 heteroatoms. The van der Waals surface area contributed by atoms with E-state index in [0.29, 0.717) is 6.04 Å². The number of hydrogen-bond donors (Lipinski definition) is 1. The number of benzene rings is 2. The van der Waals surface area contributed by atoms with Crippen molar-refractivity contribution >= 4 is 11.0 Å². The number of nitrogens with zero attached hydrogens (tertiary/aromatic N) is 4. The molecule has 3 aromatic rings. The molecule has 0 amide bonds. The summed E-state index contributed by atoms with van der Waals surface area (Å²) in [6, 6.07) is 17.1. The molecular formula is C21H26N4O2. The van der Waals surface area contributed by atoms with E-state index in [0.717, 1.165) is 56.6 Å². The van der Waals surface area contributed by atoms with Crippen LogP contribution in [0.5, 0.6) is 0 Å². The molecule has 6 nitrogen and oxygen atoms in total. The van der Waals surface area contributed by atoms with Crippen molar-refractivity contribution in [2.24, 2.45) is 0 Å². The predicted octanol–water partition coefficient (Wildman–Crippen LogP) is 2.33. The molecule has 1 saturated heterocycles. The summed E-state index contributed by atoms with van der Waals surface area (Å²) >= 11 is 0. The predicted molar refractivity (Wildman–Crippen MR) is 104 cm³/mol. The van der Waals surface area contributed by atoms with Gasteiger partial charge < -0.3 is 5.11 Å². The van der Waals surface area contributed by atoms with Gasteiger partial charge in [0, 0.05) is 45.4 Å². The standard InChI is InChI=1S/C21H26N4O2/c26-13-9-19-16-24(15-18-6-7-20-21(14-18)23-27-22-20)11-12-25(19)10-8-17-4-2-1-3-5-17/h1-7,14,19,26H,8-13,15-16H2. The van der Waals surface area contributed by atoms with Gasteiger partial charge in [0.05, 0.1) is 0 Å². The zero-order valence-corrected chi connectivity index (χ0v) is 15.5. The molecule has 1 aromatic heterocycles. The highest BCUT2D eigenvalue weighted by Crippen LogP contribution is 2.18. The molecule has 0 bridgehead atoms. The van der Waals surface area contributed by atoms with Crippen LogP contribution in [0.25, 0.3) is 11.0 Å². The van der Waals surface area contributed by atoms with Gasteiger partial charge in [0.1, 0.15) is 11.0 Å². The SMILES string of the molecule is OCCC1CN(Cc2ccc3nonc3c2)CCN1CCc1ccccc1. The van der Waals surface area contributed by atoms with Gasteiger partial charge in [-0.1, -0.05) is 36.4 Å². The molecule has 4 rings (SSSR count). The molecule has 1 unspecified atom stereocenters. The Morgan fingerprint density at radius 1 is 1.00 bits per heavy atom. The van der Waals surface area contributed by atoms with Crippen molar-refractivity contribution in [3.05, 3.63) is 59.7 Å². The highest BCUT2D eigenvalue weighted by Gasteiger charge is 2.26. The van der Waals surface area contributed by atoms with Crippen LogP contribution in [-0.4, -0.2) is 64.0 Å². The van der Waals surface area contributed by atoms with Gasteiger partial charge >= 0.3 is 0 Å². The maximum atomic E-state index is 9.52. The molecule has 1 N–H and O–H groups in total. The van der Waals surface area contributed by atoms with E-state index < -0.39 is 0 Å². The molecule has 1 aliphatic heterocycles. The van der Waals surface area contributed by atoms with Crippen molar-refractivity contribution in [3.63, 3.8) is 0 Å². The lowest BCUT2D eigenvalue weighted by Crippen LogP contribution is -2.53. The minimum Gasteiger partial charge on any atom is -0.396 e. The summed E-state index contributed by atoms with van der Waals surface area (Å²) in [7, 11) is 0. The van der Waals surface area contributed by atoms with Crippen molar-refractivity contribution in [1.82, 2.24) is 20.1 Å². The first-order valence-corrected chi connectivity index (χ1v) is 9.64. The molecule has 142 valence electrons. The van der Waals surface area contributed by atoms with Crippen LogP contribution in [0.1, 0.15) is 17.5 Å². The monoisotopic (exact) mass is 366 g/mol. The third kappa shape index (κ3) is 4.53. The van der Waals surface area contributed by atoms with E-state index in [2.05, 4.69) is 62.6 Å². The summed E-state index contributed by atoms with van der Waals surface area (Å²) in [5.41, 5.74) is 4.19. The minimum atomic E-state index is 0.233. The van der Waals surface area contributed by atoms with Crippen molar-refractivity contribution in [3.8, 4) is 0 Å². The summed E-state index contributed by atoms with van der Waals surface area (Å²) in [4.78, 5) is 5.00. The summed E-state index contributed by atoms with van der Waals surface area (Å²) in [5.74, 6) is 0. The van der Waals surface area contributed by atoms with E-state index in [1.807, 2.05) is 6.07 Å². The van der Waals surface area contributed by atoms with Crippen molar-refractivity contribution in [2.45, 2.75) is 25.4 Å². The third-order valence-corrected chi connectivity index (χ3v) is 5.41. The van der Waals surface area contributed by atoms with Gasteiger partial charge in [-0.15, -0.1) is 0 Å². The zero-order chi connectivity index (χ0) is 18.5. The highest BCUT2D eigenvalue weighted by atomic mass is 16.6. The maximum absolute atomic E-state index is 9.52. The van der Waals surface area contributed by atoms with E-state index in [1.165, 1.54) is 11.1 Å². The smallest absolute Gasteiger partial charge is 0.135 e. The van der Waals surface area contributed by atoms with Gasteiger partial charge in [0.2, 0.25) is 0 Å². The van der Waals surface area contributed by atoms with Crippen LogP contribution in [0, 0.1) is 0 Å². The Morgan fingerprint density at radius 3 is 2.70 bits per heavy atom. The van der Waals surface area contributed by atoms with Crippen LogP contribution >= 0.6 is 0 Å². The Balaban J connectivity index is 1.36. The first-order chi connectivity index (χ1) is 13.3. The average molecular weight is 366 g/mol. The second-order valence-electron chi connectivity index (χ2n) is 7.26. The van der Waals surface area contributed by atoms with Crippen LogP contribution in [-0.2, 0) is 13.0 Å². The lowest BCUT2D eigenvalue weighted by molar-refractivity contribution is 0.0562. The van der Waals surface area contributed by atoms with Crippen molar-refractivity contribution in [2.75, 3.05) is 32.8 Å². The lowest BCUT2D eigenvalue weighted by Gasteiger charge is -2.41. The van der Waals surface area contributed by atoms with Gasteiger partial charge in [0.25, 0.3) is 0 Å². The van der Waals surface area contributed by atoms with Crippen LogP contribution in [0.4, 0.5) is 0 Å². The normalized spacial score (nSPS) is 18.9. The van der Waals surface area contributed by atoms with Crippen LogP contribution < -0.4 is 0 Å². The van der Waals surface area contributed by atoms with Crippen LogP contribution in [0.3, 0.4) is 0 Å².